The van der Waals surface area contributed by atoms with Gasteiger partial charge in [-0.25, -0.2) is 0 Å². The van der Waals surface area contributed by atoms with Gasteiger partial charge in [0.05, 0.1) is 5.75 Å². The van der Waals surface area contributed by atoms with Crippen LogP contribution in [0.2, 0.25) is 0 Å². The number of hydrogen-bond acceptors (Lipinski definition) is 5. The summed E-state index contributed by atoms with van der Waals surface area (Å²) in [5, 5.41) is 3.27. The fourth-order valence-electron chi connectivity index (χ4n) is 2.25. The van der Waals surface area contributed by atoms with Crippen molar-refractivity contribution in [2.24, 2.45) is 0 Å². The number of carbonyl (C=O) groups excluding carboxylic acids is 1. The molecular weight excluding hydrogens is 370 g/mol. The molecule has 0 spiro atoms. The standard InChI is InChI=1S/C18H19N3O3S2/c1-12-2-4-13(5-3-12)9-26-10-17(22)20-21-18(25)19-14-6-7-15-16(8-14)24-11-23-15/h2-8H,9-11H2,1H3,(H,20,22)(H2,19,21,25). The van der Waals surface area contributed by atoms with Crippen molar-refractivity contribution in [3.63, 3.8) is 0 Å². The van der Waals surface area contributed by atoms with Crippen molar-refractivity contribution in [2.75, 3.05) is 17.9 Å². The van der Waals surface area contributed by atoms with E-state index in [0.29, 0.717) is 22.4 Å². The van der Waals surface area contributed by atoms with Crippen LogP contribution in [0.5, 0.6) is 11.5 Å². The molecule has 0 aliphatic carbocycles. The van der Waals surface area contributed by atoms with E-state index in [4.69, 9.17) is 21.7 Å². The Labute approximate surface area is 161 Å². The van der Waals surface area contributed by atoms with Crippen molar-refractivity contribution in [1.29, 1.82) is 0 Å². The summed E-state index contributed by atoms with van der Waals surface area (Å²) in [6, 6.07) is 13.7. The summed E-state index contributed by atoms with van der Waals surface area (Å²) in [5.41, 5.74) is 8.44. The lowest BCUT2D eigenvalue weighted by molar-refractivity contribution is -0.119. The maximum Gasteiger partial charge on any atom is 0.248 e. The number of hydrazine groups is 1. The minimum atomic E-state index is -0.142. The molecule has 26 heavy (non-hydrogen) atoms. The number of carbonyl (C=O) groups is 1. The predicted molar refractivity (Wildman–Crippen MR) is 107 cm³/mol. The van der Waals surface area contributed by atoms with E-state index in [0.717, 1.165) is 11.4 Å². The SMILES string of the molecule is Cc1ccc(CSCC(=O)NNC(=S)Nc2ccc3c(c2)OCO3)cc1. The Morgan fingerprint density at radius 1 is 1.12 bits per heavy atom. The number of fused-ring (bicyclic) bond motifs is 1. The molecule has 3 N–H and O–H groups in total. The fourth-order valence-corrected chi connectivity index (χ4v) is 3.20. The Bertz CT molecular complexity index is 797. The van der Waals surface area contributed by atoms with Crippen LogP contribution in [0.4, 0.5) is 5.69 Å². The molecule has 0 fully saturated rings. The maximum atomic E-state index is 11.9. The first-order chi connectivity index (χ1) is 12.6. The highest BCUT2D eigenvalue weighted by molar-refractivity contribution is 7.99. The number of thiocarbonyl (C=S) groups is 1. The molecule has 2 aromatic carbocycles. The van der Waals surface area contributed by atoms with Crippen molar-refractivity contribution in [1.82, 2.24) is 10.9 Å². The Morgan fingerprint density at radius 3 is 2.69 bits per heavy atom. The van der Waals surface area contributed by atoms with Crippen molar-refractivity contribution >= 4 is 40.7 Å². The van der Waals surface area contributed by atoms with Gasteiger partial charge in [-0.15, -0.1) is 11.8 Å². The van der Waals surface area contributed by atoms with Crippen LogP contribution in [-0.4, -0.2) is 23.6 Å². The third kappa shape index (κ3) is 5.27. The minimum absolute atomic E-state index is 0.142. The summed E-state index contributed by atoms with van der Waals surface area (Å²) in [6.07, 6.45) is 0. The average molecular weight is 390 g/mol. The molecule has 0 radical (unpaired) electrons. The van der Waals surface area contributed by atoms with Crippen LogP contribution >= 0.6 is 24.0 Å². The second-order valence-electron chi connectivity index (χ2n) is 5.67. The van der Waals surface area contributed by atoms with Gasteiger partial charge >= 0.3 is 0 Å². The van der Waals surface area contributed by atoms with Crippen LogP contribution in [0, 0.1) is 6.92 Å². The Balaban J connectivity index is 1.36. The van der Waals surface area contributed by atoms with Crippen LogP contribution in [0.1, 0.15) is 11.1 Å². The minimum Gasteiger partial charge on any atom is -0.454 e. The zero-order chi connectivity index (χ0) is 18.4. The van der Waals surface area contributed by atoms with E-state index >= 15 is 0 Å². The van der Waals surface area contributed by atoms with Gasteiger partial charge < -0.3 is 14.8 Å². The molecule has 1 aliphatic heterocycles. The van der Waals surface area contributed by atoms with Gasteiger partial charge in [-0.05, 0) is 36.8 Å². The molecule has 1 amide bonds. The number of nitrogens with one attached hydrogen (secondary N) is 3. The second-order valence-corrected chi connectivity index (χ2v) is 7.07. The fraction of sp³-hybridized carbons (Fsp3) is 0.222. The number of benzene rings is 2. The third-order valence-corrected chi connectivity index (χ3v) is 4.78. The van der Waals surface area contributed by atoms with Crippen LogP contribution in [-0.2, 0) is 10.5 Å². The number of amides is 1. The zero-order valence-corrected chi connectivity index (χ0v) is 15.8. The van der Waals surface area contributed by atoms with E-state index in [1.54, 1.807) is 23.9 Å². The number of hydrogen-bond donors (Lipinski definition) is 3. The lowest BCUT2D eigenvalue weighted by Gasteiger charge is -2.12. The van der Waals surface area contributed by atoms with E-state index < -0.39 is 0 Å². The molecule has 0 atom stereocenters. The number of rotatable bonds is 5. The van der Waals surface area contributed by atoms with Gasteiger partial charge in [-0.1, -0.05) is 29.8 Å². The summed E-state index contributed by atoms with van der Waals surface area (Å²) in [6.45, 7) is 2.27. The van der Waals surface area contributed by atoms with Crippen molar-refractivity contribution in [2.45, 2.75) is 12.7 Å². The maximum absolute atomic E-state index is 11.9. The van der Waals surface area contributed by atoms with Gasteiger partial charge in [-0.3, -0.25) is 15.6 Å². The molecule has 1 aliphatic rings. The van der Waals surface area contributed by atoms with Gasteiger partial charge in [0.1, 0.15) is 0 Å². The molecule has 2 aromatic rings. The van der Waals surface area contributed by atoms with Crippen LogP contribution in [0.15, 0.2) is 42.5 Å². The largest absolute Gasteiger partial charge is 0.454 e. The summed E-state index contributed by atoms with van der Waals surface area (Å²) in [4.78, 5) is 11.9. The van der Waals surface area contributed by atoms with Gasteiger partial charge in [0.15, 0.2) is 16.6 Å². The Hall–Kier alpha value is -2.45. The molecule has 0 saturated heterocycles. The van der Waals surface area contributed by atoms with E-state index in [1.165, 1.54) is 11.1 Å². The van der Waals surface area contributed by atoms with Crippen molar-refractivity contribution in [3.05, 3.63) is 53.6 Å². The second kappa shape index (κ2) is 8.77. The van der Waals surface area contributed by atoms with Crippen LogP contribution in [0.3, 0.4) is 0 Å². The number of ether oxygens (including phenoxy) is 2. The number of anilines is 1. The lowest BCUT2D eigenvalue weighted by Crippen LogP contribution is -2.44. The molecule has 6 nitrogen and oxygen atoms in total. The van der Waals surface area contributed by atoms with Gasteiger partial charge in [0.2, 0.25) is 12.7 Å². The van der Waals surface area contributed by atoms with Gasteiger partial charge in [-0.2, -0.15) is 0 Å². The monoisotopic (exact) mass is 389 g/mol. The summed E-state index contributed by atoms with van der Waals surface area (Å²) >= 11 is 6.71. The highest BCUT2D eigenvalue weighted by Crippen LogP contribution is 2.34. The summed E-state index contributed by atoms with van der Waals surface area (Å²) < 4.78 is 10.6. The first kappa shape index (κ1) is 18.3. The number of thioether (sulfide) groups is 1. The molecule has 0 unspecified atom stereocenters. The third-order valence-electron chi connectivity index (χ3n) is 3.57. The van der Waals surface area contributed by atoms with E-state index in [-0.39, 0.29) is 12.7 Å². The molecule has 1 heterocycles. The quantitative estimate of drug-likeness (QED) is 0.536. The van der Waals surface area contributed by atoms with Gasteiger partial charge in [0.25, 0.3) is 0 Å². The Morgan fingerprint density at radius 2 is 1.88 bits per heavy atom. The highest BCUT2D eigenvalue weighted by Gasteiger charge is 2.13. The van der Waals surface area contributed by atoms with Gasteiger partial charge in [0, 0.05) is 17.5 Å². The van der Waals surface area contributed by atoms with Crippen LogP contribution < -0.4 is 25.6 Å². The summed E-state index contributed by atoms with van der Waals surface area (Å²) in [5.74, 6) is 2.35. The first-order valence-electron chi connectivity index (χ1n) is 7.99. The normalized spacial score (nSPS) is 11.7. The topological polar surface area (TPSA) is 71.6 Å². The highest BCUT2D eigenvalue weighted by atomic mass is 32.2. The molecular formula is C18H19N3O3S2. The average Bonchev–Trinajstić information content (AvgIpc) is 3.09. The van der Waals surface area contributed by atoms with E-state index in [2.05, 4.69) is 47.4 Å². The van der Waals surface area contributed by atoms with Crippen LogP contribution in [0.25, 0.3) is 0 Å². The van der Waals surface area contributed by atoms with Crippen molar-refractivity contribution in [3.8, 4) is 11.5 Å². The molecule has 136 valence electrons. The summed E-state index contributed by atoms with van der Waals surface area (Å²) in [7, 11) is 0. The molecule has 0 bridgehead atoms. The smallest absolute Gasteiger partial charge is 0.248 e. The zero-order valence-electron chi connectivity index (χ0n) is 14.2. The number of aryl methyl sites for hydroxylation is 1. The molecule has 0 aromatic heterocycles. The van der Waals surface area contributed by atoms with Crippen molar-refractivity contribution < 1.29 is 14.3 Å². The molecule has 0 saturated carbocycles. The first-order valence-corrected chi connectivity index (χ1v) is 9.55. The lowest BCUT2D eigenvalue weighted by atomic mass is 10.2. The van der Waals surface area contributed by atoms with E-state index in [1.807, 2.05) is 6.07 Å². The molecule has 8 heteroatoms. The molecule has 3 rings (SSSR count). The predicted octanol–water partition coefficient (Wildman–Crippen LogP) is 2.97. The van der Waals surface area contributed by atoms with E-state index in [9.17, 15) is 4.79 Å². The Kier molecular flexibility index (Phi) is 6.19.